The van der Waals surface area contributed by atoms with Gasteiger partial charge in [-0.1, -0.05) is 0 Å². The number of hydrogen-bond acceptors (Lipinski definition) is 13. The maximum absolute atomic E-state index is 12.3. The molecule has 0 saturated heterocycles. The van der Waals surface area contributed by atoms with Gasteiger partial charge in [-0.3, -0.25) is 4.79 Å². The number of benzene rings is 1. The summed E-state index contributed by atoms with van der Waals surface area (Å²) in [5.74, 6) is -3.54. The molecule has 0 spiro atoms. The number of aromatic nitrogens is 4. The number of fused-ring (bicyclic) bond motifs is 1. The largest absolute Gasteiger partial charge is 1.00 e. The van der Waals surface area contributed by atoms with E-state index in [0.29, 0.717) is 17.8 Å². The first-order valence-electron chi connectivity index (χ1n) is 10.5. The number of nitrogen functional groups attached to an aromatic ring is 2. The Morgan fingerprint density at radius 3 is 2.15 bits per heavy atom. The molecule has 8 N–H and O–H groups in total. The van der Waals surface area contributed by atoms with Crippen LogP contribution in [0, 0.1) is 0 Å². The molecular weight excluding hydrogens is 573 g/mol. The van der Waals surface area contributed by atoms with E-state index in [-0.39, 0.29) is 88.5 Å². The molecule has 0 fully saturated rings. The topological polar surface area (TPSA) is 294 Å². The van der Waals surface area contributed by atoms with E-state index in [1.54, 1.807) is 25.4 Å². The van der Waals surface area contributed by atoms with Crippen molar-refractivity contribution in [2.75, 3.05) is 23.4 Å². The molecule has 40 heavy (non-hydrogen) atoms. The number of anilines is 3. The summed E-state index contributed by atoms with van der Waals surface area (Å²) in [4.78, 5) is 73.9. The van der Waals surface area contributed by atoms with Crippen molar-refractivity contribution < 1.29 is 103 Å². The summed E-state index contributed by atoms with van der Waals surface area (Å²) in [6.07, 6.45) is 0.677. The standard InChI is InChI=1S/C20H22N8O5.2Na.H3O4P/c1-28(9-11-8-23-17-15(24-11)16(21)26-20(22)27-17)12-4-2-10(3-5-12)18(31)25-13(19(32)33)6-7-14(29)30;;;1-5(2,3)4/h2-5,8,13H,6-7,9H2,1H3,(H,25,31)(H,29,30)(H,32,33)(H4,21,22,23,26,27);;;(H3,1,2,3,4)/q;2*+1;/p-2/t13-;;;/m0.../s1. The summed E-state index contributed by atoms with van der Waals surface area (Å²) in [6.45, 7) is 0.355. The Morgan fingerprint density at radius 1 is 1.05 bits per heavy atom. The van der Waals surface area contributed by atoms with Gasteiger partial charge in [0.1, 0.15) is 0 Å². The number of aliphatic carboxylic acids is 2. The number of phosphoric acid groups is 1. The van der Waals surface area contributed by atoms with Crippen molar-refractivity contribution in [3.8, 4) is 0 Å². The Labute approximate surface area is 271 Å². The normalized spacial score (nSPS) is 11.1. The summed E-state index contributed by atoms with van der Waals surface area (Å²) >= 11 is 0. The molecule has 3 aromatic rings. The first kappa shape index (κ1) is 37.6. The second-order valence-electron chi connectivity index (χ2n) is 7.67. The van der Waals surface area contributed by atoms with Crippen LogP contribution in [0.3, 0.4) is 0 Å². The minimum Gasteiger partial charge on any atom is -0.550 e. The molecule has 0 aliphatic rings. The molecule has 1 amide bonds. The zero-order valence-corrected chi connectivity index (χ0v) is 26.6. The molecule has 2 aromatic heterocycles. The van der Waals surface area contributed by atoms with Crippen molar-refractivity contribution in [1.82, 2.24) is 25.3 Å². The van der Waals surface area contributed by atoms with E-state index in [2.05, 4.69) is 25.3 Å². The van der Waals surface area contributed by atoms with Gasteiger partial charge in [-0.25, -0.2) is 14.5 Å². The Kier molecular flexibility index (Phi) is 15.7. The molecule has 0 aliphatic carbocycles. The maximum atomic E-state index is 12.3. The first-order chi connectivity index (χ1) is 17.6. The molecule has 0 unspecified atom stereocenters. The number of rotatable bonds is 9. The minimum absolute atomic E-state index is 0. The summed E-state index contributed by atoms with van der Waals surface area (Å²) in [5, 5.41) is 23.9. The monoisotopic (exact) mass is 596 g/mol. The van der Waals surface area contributed by atoms with Gasteiger partial charge in [0.05, 0.1) is 30.4 Å². The number of carbonyl (C=O) groups excluding carboxylic acids is 3. The van der Waals surface area contributed by atoms with Crippen molar-refractivity contribution in [3.05, 3.63) is 41.7 Å². The van der Waals surface area contributed by atoms with E-state index in [0.717, 1.165) is 5.69 Å². The van der Waals surface area contributed by atoms with Gasteiger partial charge in [-0.05, 0) is 37.1 Å². The Balaban J connectivity index is 0.00000199. The molecule has 0 radical (unpaired) electrons. The molecular formula is C20H23N8Na2O9P. The molecule has 2 heterocycles. The van der Waals surface area contributed by atoms with Crippen LogP contribution in [0.4, 0.5) is 17.5 Å². The van der Waals surface area contributed by atoms with Crippen LogP contribution in [0.2, 0.25) is 0 Å². The third-order valence-electron chi connectivity index (χ3n) is 4.70. The van der Waals surface area contributed by atoms with Crippen molar-refractivity contribution in [2.45, 2.75) is 25.4 Å². The van der Waals surface area contributed by atoms with Crippen LogP contribution < -0.4 is 91.0 Å². The van der Waals surface area contributed by atoms with Gasteiger partial charge in [0.15, 0.2) is 17.0 Å². The van der Waals surface area contributed by atoms with Crippen LogP contribution in [0.1, 0.15) is 28.9 Å². The average molecular weight is 596 g/mol. The number of amides is 1. The van der Waals surface area contributed by atoms with Gasteiger partial charge in [0.25, 0.3) is 5.91 Å². The number of carboxylic acids is 2. The minimum atomic E-state index is -4.64. The third kappa shape index (κ3) is 12.8. The fourth-order valence-electron chi connectivity index (χ4n) is 3.01. The smallest absolute Gasteiger partial charge is 0.550 e. The van der Waals surface area contributed by atoms with E-state index in [1.807, 2.05) is 4.90 Å². The summed E-state index contributed by atoms with van der Waals surface area (Å²) in [7, 11) is -2.84. The van der Waals surface area contributed by atoms with Crippen LogP contribution in [0.25, 0.3) is 11.2 Å². The molecule has 0 aliphatic heterocycles. The molecule has 1 atom stereocenters. The molecule has 0 saturated carbocycles. The molecule has 17 nitrogen and oxygen atoms in total. The van der Waals surface area contributed by atoms with E-state index in [4.69, 9.17) is 30.7 Å². The van der Waals surface area contributed by atoms with E-state index < -0.39 is 38.1 Å². The van der Waals surface area contributed by atoms with Crippen LogP contribution in [0.15, 0.2) is 30.5 Å². The fourth-order valence-corrected chi connectivity index (χ4v) is 3.01. The van der Waals surface area contributed by atoms with Gasteiger partial charge in [0.2, 0.25) is 5.95 Å². The number of nitrogens with two attached hydrogens (primary N) is 2. The number of hydrogen-bond donors (Lipinski definition) is 6. The Morgan fingerprint density at radius 2 is 1.62 bits per heavy atom. The third-order valence-corrected chi connectivity index (χ3v) is 4.70. The van der Waals surface area contributed by atoms with Crippen molar-refractivity contribution in [2.24, 2.45) is 0 Å². The van der Waals surface area contributed by atoms with Crippen molar-refractivity contribution >= 4 is 54.3 Å². The van der Waals surface area contributed by atoms with Gasteiger partial charge >= 0.3 is 66.9 Å². The van der Waals surface area contributed by atoms with Crippen LogP contribution in [-0.4, -0.2) is 65.6 Å². The van der Waals surface area contributed by atoms with Crippen LogP contribution in [-0.2, 0) is 20.7 Å². The number of nitrogens with zero attached hydrogens (tertiary/aromatic N) is 5. The van der Waals surface area contributed by atoms with E-state index in [9.17, 15) is 24.6 Å². The average Bonchev–Trinajstić information content (AvgIpc) is 2.80. The second kappa shape index (κ2) is 16.7. The first-order valence-corrected chi connectivity index (χ1v) is 12.1. The van der Waals surface area contributed by atoms with Gasteiger partial charge in [-0.2, -0.15) is 9.97 Å². The zero-order chi connectivity index (χ0) is 28.6. The summed E-state index contributed by atoms with van der Waals surface area (Å²) < 4.78 is 8.88. The van der Waals surface area contributed by atoms with Crippen LogP contribution in [0.5, 0.6) is 0 Å². The predicted molar refractivity (Wildman–Crippen MR) is 127 cm³/mol. The molecule has 20 heteroatoms. The van der Waals surface area contributed by atoms with E-state index in [1.165, 1.54) is 12.1 Å². The molecule has 0 bridgehead atoms. The predicted octanol–water partition coefficient (Wildman–Crippen LogP) is -9.32. The second-order valence-corrected chi connectivity index (χ2v) is 8.70. The SMILES string of the molecule is CN(Cc1cnc2nc(N)nc(N)c2n1)c1ccc(C(=O)N[C@@H](CCC(=O)[O-])C(=O)[O-])cc1.O=P(O)(O)O.[Na+].[Na+]. The molecule has 3 rings (SSSR count). The Hall–Kier alpha value is -2.44. The van der Waals surface area contributed by atoms with Crippen molar-refractivity contribution in [3.63, 3.8) is 0 Å². The summed E-state index contributed by atoms with van der Waals surface area (Å²) in [6, 6.07) is 4.89. The number of nitrogens with one attached hydrogen (secondary N) is 1. The van der Waals surface area contributed by atoms with Crippen LogP contribution >= 0.6 is 7.82 Å². The molecule has 1 aromatic carbocycles. The van der Waals surface area contributed by atoms with E-state index >= 15 is 0 Å². The maximum Gasteiger partial charge on any atom is 1.00 e. The Bertz CT molecular complexity index is 1370. The summed E-state index contributed by atoms with van der Waals surface area (Å²) in [5.41, 5.74) is 13.6. The van der Waals surface area contributed by atoms with Gasteiger partial charge in [0, 0.05) is 24.3 Å². The van der Waals surface area contributed by atoms with Gasteiger partial charge in [-0.15, -0.1) is 0 Å². The zero-order valence-electron chi connectivity index (χ0n) is 21.7. The van der Waals surface area contributed by atoms with Gasteiger partial charge < -0.3 is 56.2 Å². The quantitative estimate of drug-likeness (QED) is 0.0987. The number of carbonyl (C=O) groups is 3. The van der Waals surface area contributed by atoms with Crippen molar-refractivity contribution in [1.29, 1.82) is 0 Å². The molecule has 204 valence electrons. The fraction of sp³-hybridized carbons (Fsp3) is 0.250. The number of carboxylic acid groups (broad SMARTS) is 2.